The van der Waals surface area contributed by atoms with Gasteiger partial charge in [-0.05, 0) is 18.2 Å². The fourth-order valence-electron chi connectivity index (χ4n) is 3.87. The highest BCUT2D eigenvalue weighted by Crippen LogP contribution is 2.45. The Labute approximate surface area is 176 Å². The molecule has 158 valence electrons. The Morgan fingerprint density at radius 3 is 2.23 bits per heavy atom. The maximum Gasteiger partial charge on any atom is 0.416 e. The zero-order chi connectivity index (χ0) is 21.6. The van der Waals surface area contributed by atoms with Crippen molar-refractivity contribution in [1.29, 1.82) is 0 Å². The van der Waals surface area contributed by atoms with Gasteiger partial charge in [-0.3, -0.25) is 4.79 Å². The van der Waals surface area contributed by atoms with Crippen molar-refractivity contribution in [3.63, 3.8) is 0 Å². The number of fused-ring (bicyclic) bond motifs is 2. The number of ether oxygens (including phenoxy) is 2. The van der Waals surface area contributed by atoms with E-state index in [2.05, 4.69) is 4.98 Å². The second-order valence-electron chi connectivity index (χ2n) is 7.47. The number of carbonyl (C=O) groups is 1. The Hall–Kier alpha value is -3.55. The lowest BCUT2D eigenvalue weighted by Crippen LogP contribution is -2.57. The van der Waals surface area contributed by atoms with Gasteiger partial charge < -0.3 is 14.4 Å². The van der Waals surface area contributed by atoms with Crippen LogP contribution >= 0.6 is 0 Å². The maximum absolute atomic E-state index is 13.3. The van der Waals surface area contributed by atoms with Gasteiger partial charge in [0.15, 0.2) is 0 Å². The highest BCUT2D eigenvalue weighted by atomic mass is 19.4. The largest absolute Gasteiger partial charge is 0.471 e. The first-order chi connectivity index (χ1) is 14.9. The van der Waals surface area contributed by atoms with Gasteiger partial charge in [0.1, 0.15) is 17.6 Å². The molecule has 0 unspecified atom stereocenters. The van der Waals surface area contributed by atoms with E-state index in [-0.39, 0.29) is 24.9 Å². The Bertz CT molecular complexity index is 1100. The smallest absolute Gasteiger partial charge is 0.416 e. The van der Waals surface area contributed by atoms with Crippen molar-refractivity contribution in [2.75, 3.05) is 13.1 Å². The van der Waals surface area contributed by atoms with Crippen LogP contribution in [0.2, 0.25) is 0 Å². The number of rotatable bonds is 3. The van der Waals surface area contributed by atoms with Crippen LogP contribution in [0, 0.1) is 0 Å². The molecular formula is C23H17F3N2O3. The zero-order valence-corrected chi connectivity index (χ0v) is 16.2. The van der Waals surface area contributed by atoms with Gasteiger partial charge in [0, 0.05) is 23.4 Å². The van der Waals surface area contributed by atoms with Gasteiger partial charge in [-0.25, -0.2) is 4.98 Å². The fraction of sp³-hybridized carbons (Fsp3) is 0.217. The predicted octanol–water partition coefficient (Wildman–Crippen LogP) is 4.63. The molecule has 0 spiro atoms. The SMILES string of the molecule is O=C(C1c2ccccc2Oc2ccccc21)N1CC(Oc2cc(C(F)(F)F)ccn2)C1. The molecule has 0 aliphatic carbocycles. The number of amides is 1. The number of alkyl halides is 3. The number of benzene rings is 2. The van der Waals surface area contributed by atoms with E-state index in [1.54, 1.807) is 4.90 Å². The summed E-state index contributed by atoms with van der Waals surface area (Å²) in [6.07, 6.45) is -3.81. The van der Waals surface area contributed by atoms with E-state index in [4.69, 9.17) is 9.47 Å². The molecule has 2 aromatic carbocycles. The average molecular weight is 426 g/mol. The summed E-state index contributed by atoms with van der Waals surface area (Å²) in [6.45, 7) is 0.552. The van der Waals surface area contributed by atoms with Crippen LogP contribution in [0.25, 0.3) is 0 Å². The van der Waals surface area contributed by atoms with E-state index in [0.717, 1.165) is 29.5 Å². The number of likely N-dealkylation sites (tertiary alicyclic amines) is 1. The quantitative estimate of drug-likeness (QED) is 0.613. The Morgan fingerprint density at radius 2 is 1.61 bits per heavy atom. The number of hydrogen-bond acceptors (Lipinski definition) is 4. The second-order valence-corrected chi connectivity index (χ2v) is 7.47. The summed E-state index contributed by atoms with van der Waals surface area (Å²) in [5, 5.41) is 0. The zero-order valence-electron chi connectivity index (χ0n) is 16.2. The molecule has 0 N–H and O–H groups in total. The molecule has 0 saturated carbocycles. The first-order valence-electron chi connectivity index (χ1n) is 9.74. The van der Waals surface area contributed by atoms with Gasteiger partial charge in [0.2, 0.25) is 11.8 Å². The third-order valence-electron chi connectivity index (χ3n) is 5.44. The maximum atomic E-state index is 13.3. The molecule has 0 radical (unpaired) electrons. The molecule has 2 aliphatic heterocycles. The molecule has 1 amide bonds. The minimum absolute atomic E-state index is 0.0972. The molecule has 2 aliphatic rings. The molecule has 31 heavy (non-hydrogen) atoms. The van der Waals surface area contributed by atoms with Crippen molar-refractivity contribution < 1.29 is 27.4 Å². The van der Waals surface area contributed by atoms with Gasteiger partial charge in [-0.1, -0.05) is 36.4 Å². The topological polar surface area (TPSA) is 51.7 Å². The van der Waals surface area contributed by atoms with E-state index in [1.807, 2.05) is 48.5 Å². The third-order valence-corrected chi connectivity index (χ3v) is 5.44. The van der Waals surface area contributed by atoms with Crippen LogP contribution in [-0.2, 0) is 11.0 Å². The number of pyridine rings is 1. The minimum atomic E-state index is -4.47. The van der Waals surface area contributed by atoms with Crippen molar-refractivity contribution in [1.82, 2.24) is 9.88 Å². The number of carbonyl (C=O) groups excluding carboxylic acids is 1. The molecule has 1 aromatic heterocycles. The van der Waals surface area contributed by atoms with Gasteiger partial charge >= 0.3 is 6.18 Å². The summed E-state index contributed by atoms with van der Waals surface area (Å²) in [5.74, 6) is 0.574. The van der Waals surface area contributed by atoms with Gasteiger partial charge in [0.05, 0.1) is 24.6 Å². The van der Waals surface area contributed by atoms with Crippen molar-refractivity contribution in [2.24, 2.45) is 0 Å². The molecule has 0 bridgehead atoms. The van der Waals surface area contributed by atoms with E-state index in [9.17, 15) is 18.0 Å². The van der Waals surface area contributed by atoms with E-state index >= 15 is 0 Å². The number of para-hydroxylation sites is 2. The molecule has 8 heteroatoms. The van der Waals surface area contributed by atoms with Gasteiger partial charge in [-0.15, -0.1) is 0 Å². The predicted molar refractivity (Wildman–Crippen MR) is 105 cm³/mol. The summed E-state index contributed by atoms with van der Waals surface area (Å²) in [6, 6.07) is 16.6. The summed E-state index contributed by atoms with van der Waals surface area (Å²) in [5.41, 5.74) is 0.755. The van der Waals surface area contributed by atoms with Crippen LogP contribution in [0.4, 0.5) is 13.2 Å². The lowest BCUT2D eigenvalue weighted by atomic mass is 9.86. The fourth-order valence-corrected chi connectivity index (χ4v) is 3.87. The van der Waals surface area contributed by atoms with Crippen molar-refractivity contribution in [2.45, 2.75) is 18.2 Å². The van der Waals surface area contributed by atoms with Crippen LogP contribution < -0.4 is 9.47 Å². The molecular weight excluding hydrogens is 409 g/mol. The molecule has 1 saturated heterocycles. The standard InChI is InChI=1S/C23H17F3N2O3/c24-23(25,26)14-9-10-27-20(11-14)30-15-12-28(13-15)22(29)21-16-5-1-3-7-18(16)31-19-8-4-2-6-17(19)21/h1-11,15,21H,12-13H2. The van der Waals surface area contributed by atoms with Crippen LogP contribution in [0.1, 0.15) is 22.6 Å². The molecule has 1 fully saturated rings. The highest BCUT2D eigenvalue weighted by molar-refractivity contribution is 5.90. The van der Waals surface area contributed by atoms with E-state index in [1.165, 1.54) is 0 Å². The molecule has 5 rings (SSSR count). The van der Waals surface area contributed by atoms with Crippen molar-refractivity contribution in [3.05, 3.63) is 83.6 Å². The number of aromatic nitrogens is 1. The van der Waals surface area contributed by atoms with E-state index < -0.39 is 23.8 Å². The molecule has 3 aromatic rings. The van der Waals surface area contributed by atoms with Gasteiger partial charge in [-0.2, -0.15) is 13.2 Å². The van der Waals surface area contributed by atoms with Gasteiger partial charge in [0.25, 0.3) is 0 Å². The first kappa shape index (κ1) is 19.4. The Morgan fingerprint density at radius 1 is 1.00 bits per heavy atom. The Balaban J connectivity index is 1.31. The van der Waals surface area contributed by atoms with E-state index in [0.29, 0.717) is 11.5 Å². The minimum Gasteiger partial charge on any atom is -0.471 e. The monoisotopic (exact) mass is 426 g/mol. The lowest BCUT2D eigenvalue weighted by molar-refractivity contribution is -0.141. The third kappa shape index (κ3) is 3.58. The molecule has 3 heterocycles. The number of halogens is 3. The van der Waals surface area contributed by atoms with Crippen molar-refractivity contribution in [3.8, 4) is 17.4 Å². The lowest BCUT2D eigenvalue weighted by Gasteiger charge is -2.41. The summed E-state index contributed by atoms with van der Waals surface area (Å²) < 4.78 is 50.1. The average Bonchev–Trinajstić information content (AvgIpc) is 2.73. The Kier molecular flexibility index (Phi) is 4.57. The normalized spacial score (nSPS) is 16.0. The second kappa shape index (κ2) is 7.30. The summed E-state index contributed by atoms with van der Waals surface area (Å²) in [7, 11) is 0. The summed E-state index contributed by atoms with van der Waals surface area (Å²) >= 11 is 0. The number of hydrogen-bond donors (Lipinski definition) is 0. The molecule has 0 atom stereocenters. The van der Waals surface area contributed by atoms with Crippen LogP contribution in [0.5, 0.6) is 17.4 Å². The molecule has 5 nitrogen and oxygen atoms in total. The van der Waals surface area contributed by atoms with Crippen LogP contribution in [0.3, 0.4) is 0 Å². The summed E-state index contributed by atoms with van der Waals surface area (Å²) in [4.78, 5) is 18.8. The number of nitrogens with zero attached hydrogens (tertiary/aromatic N) is 2. The van der Waals surface area contributed by atoms with Crippen LogP contribution in [-0.4, -0.2) is 35.0 Å². The highest BCUT2D eigenvalue weighted by Gasteiger charge is 2.41. The van der Waals surface area contributed by atoms with Crippen LogP contribution in [0.15, 0.2) is 66.9 Å². The first-order valence-corrected chi connectivity index (χ1v) is 9.74. The van der Waals surface area contributed by atoms with Crippen molar-refractivity contribution >= 4 is 5.91 Å².